The van der Waals surface area contributed by atoms with Crippen molar-refractivity contribution in [1.82, 2.24) is 0 Å². The summed E-state index contributed by atoms with van der Waals surface area (Å²) < 4.78 is 0. The van der Waals surface area contributed by atoms with Gasteiger partial charge in [0, 0.05) is 5.41 Å². The summed E-state index contributed by atoms with van der Waals surface area (Å²) in [6.45, 7) is 4.76. The lowest BCUT2D eigenvalue weighted by molar-refractivity contribution is 0.666. The van der Waals surface area contributed by atoms with Crippen molar-refractivity contribution in [2.24, 2.45) is 0 Å². The van der Waals surface area contributed by atoms with E-state index in [1.807, 2.05) is 0 Å². The van der Waals surface area contributed by atoms with E-state index in [0.717, 1.165) is 0 Å². The van der Waals surface area contributed by atoms with Crippen LogP contribution in [0.15, 0.2) is 194 Å². The van der Waals surface area contributed by atoms with Crippen LogP contribution in [-0.4, -0.2) is 0 Å². The molecule has 0 unspecified atom stereocenters. The lowest BCUT2D eigenvalue weighted by atomic mass is 9.80. The van der Waals surface area contributed by atoms with Crippen LogP contribution in [0.25, 0.3) is 98.7 Å². The van der Waals surface area contributed by atoms with Crippen molar-refractivity contribution in [2.75, 3.05) is 0 Å². The van der Waals surface area contributed by atoms with Gasteiger partial charge in [0.1, 0.15) is 0 Å². The maximum atomic E-state index is 2.43. The zero-order valence-corrected chi connectivity index (χ0v) is 31.0. The number of hydrogen-bond donors (Lipinski definition) is 0. The highest BCUT2D eigenvalue weighted by atomic mass is 14.4. The van der Waals surface area contributed by atoms with E-state index in [1.54, 1.807) is 0 Å². The first-order valence-electron chi connectivity index (χ1n) is 19.3. The van der Waals surface area contributed by atoms with Gasteiger partial charge in [-0.1, -0.05) is 184 Å². The summed E-state index contributed by atoms with van der Waals surface area (Å²) in [7, 11) is 0. The molecule has 0 N–H and O–H groups in total. The zero-order valence-electron chi connectivity index (χ0n) is 31.0. The molecule has 10 aromatic carbocycles. The summed E-state index contributed by atoms with van der Waals surface area (Å²) in [5.41, 5.74) is 15.4. The van der Waals surface area contributed by atoms with Crippen molar-refractivity contribution in [3.8, 4) is 55.6 Å². The lowest BCUT2D eigenvalue weighted by Crippen LogP contribution is -2.15. The van der Waals surface area contributed by atoms with Crippen LogP contribution in [-0.2, 0) is 5.41 Å². The molecule has 10 aromatic rings. The second-order valence-electron chi connectivity index (χ2n) is 15.7. The van der Waals surface area contributed by atoms with Gasteiger partial charge in [0.2, 0.25) is 0 Å². The van der Waals surface area contributed by atoms with E-state index in [-0.39, 0.29) is 5.41 Å². The Morgan fingerprint density at radius 3 is 1.36 bits per heavy atom. The topological polar surface area (TPSA) is 0 Å². The molecule has 0 radical (unpaired) electrons. The Hall–Kier alpha value is -6.76. The SMILES string of the molecule is CC1(C)c2ccc(-c3cccc(-c4c5ccccc5c(-c5cccc(-c6ccc7ccccc7c6)c5)c5ccccc45)c3)cc2-c2ccc3ccccc3c21. The summed E-state index contributed by atoms with van der Waals surface area (Å²) in [5.74, 6) is 0. The molecule has 0 bridgehead atoms. The minimum atomic E-state index is -0.0690. The van der Waals surface area contributed by atoms with Gasteiger partial charge in [-0.3, -0.25) is 0 Å². The van der Waals surface area contributed by atoms with Crippen LogP contribution in [0.5, 0.6) is 0 Å². The molecule has 0 saturated carbocycles. The van der Waals surface area contributed by atoms with E-state index in [2.05, 4.69) is 208 Å². The average Bonchev–Trinajstić information content (AvgIpc) is 3.48. The molecule has 258 valence electrons. The third kappa shape index (κ3) is 4.92. The Balaban J connectivity index is 1.06. The molecule has 0 aromatic heterocycles. The van der Waals surface area contributed by atoms with Crippen LogP contribution >= 0.6 is 0 Å². The molecule has 55 heavy (non-hydrogen) atoms. The molecule has 0 atom stereocenters. The quantitative estimate of drug-likeness (QED) is 0.161. The normalized spacial score (nSPS) is 13.1. The van der Waals surface area contributed by atoms with Gasteiger partial charge >= 0.3 is 0 Å². The summed E-state index contributed by atoms with van der Waals surface area (Å²) >= 11 is 0. The fourth-order valence-electron chi connectivity index (χ4n) is 9.62. The van der Waals surface area contributed by atoms with Gasteiger partial charge in [0.25, 0.3) is 0 Å². The van der Waals surface area contributed by atoms with E-state index in [4.69, 9.17) is 0 Å². The predicted octanol–water partition coefficient (Wildman–Crippen LogP) is 15.3. The molecule has 0 aliphatic heterocycles. The summed E-state index contributed by atoms with van der Waals surface area (Å²) in [5, 5.41) is 10.2. The number of hydrogen-bond acceptors (Lipinski definition) is 0. The van der Waals surface area contributed by atoms with Crippen LogP contribution in [0, 0.1) is 0 Å². The van der Waals surface area contributed by atoms with E-state index >= 15 is 0 Å². The zero-order chi connectivity index (χ0) is 36.7. The van der Waals surface area contributed by atoms with Gasteiger partial charge in [-0.2, -0.15) is 0 Å². The maximum absolute atomic E-state index is 2.43. The third-order valence-corrected chi connectivity index (χ3v) is 12.2. The molecule has 0 amide bonds. The second kappa shape index (κ2) is 12.1. The van der Waals surface area contributed by atoms with Gasteiger partial charge in [-0.25, -0.2) is 0 Å². The monoisotopic (exact) mass is 698 g/mol. The van der Waals surface area contributed by atoms with Crippen molar-refractivity contribution < 1.29 is 0 Å². The van der Waals surface area contributed by atoms with E-state index < -0.39 is 0 Å². The standard InChI is InChI=1S/C55H38/c1-55(2)51-30-28-41(34-50(51)49-29-27-36-14-5-6-20-44(36)54(49)55)39-17-12-19-43(33-39)53-47-23-9-7-21-45(47)52(46-22-8-10-24-48(46)53)42-18-11-16-38(32-42)40-26-25-35-13-3-4-15-37(35)31-40/h3-34H,1-2H3. The van der Waals surface area contributed by atoms with Gasteiger partial charge in [0.15, 0.2) is 0 Å². The highest BCUT2D eigenvalue weighted by Crippen LogP contribution is 2.52. The van der Waals surface area contributed by atoms with E-state index in [1.165, 1.54) is 110 Å². The highest BCUT2D eigenvalue weighted by molar-refractivity contribution is 6.21. The van der Waals surface area contributed by atoms with Crippen molar-refractivity contribution in [2.45, 2.75) is 19.3 Å². The van der Waals surface area contributed by atoms with Crippen LogP contribution in [0.1, 0.15) is 25.0 Å². The lowest BCUT2D eigenvalue weighted by Gasteiger charge is -2.23. The fraction of sp³-hybridized carbons (Fsp3) is 0.0545. The van der Waals surface area contributed by atoms with E-state index in [9.17, 15) is 0 Å². The van der Waals surface area contributed by atoms with Crippen molar-refractivity contribution >= 4 is 43.1 Å². The van der Waals surface area contributed by atoms with Crippen LogP contribution in [0.2, 0.25) is 0 Å². The van der Waals surface area contributed by atoms with Crippen LogP contribution in [0.4, 0.5) is 0 Å². The van der Waals surface area contributed by atoms with Crippen molar-refractivity contribution in [3.63, 3.8) is 0 Å². The molecule has 1 aliphatic carbocycles. The van der Waals surface area contributed by atoms with Gasteiger partial charge < -0.3 is 0 Å². The first kappa shape index (κ1) is 31.7. The number of benzene rings is 10. The van der Waals surface area contributed by atoms with Crippen LogP contribution in [0.3, 0.4) is 0 Å². The first-order chi connectivity index (χ1) is 27.0. The summed E-state index contributed by atoms with van der Waals surface area (Å²) in [6, 6.07) is 72.2. The minimum absolute atomic E-state index is 0.0690. The minimum Gasteiger partial charge on any atom is -0.0616 e. The van der Waals surface area contributed by atoms with Crippen LogP contribution < -0.4 is 0 Å². The summed E-state index contributed by atoms with van der Waals surface area (Å²) in [6.07, 6.45) is 0. The Bertz CT molecular complexity index is 3120. The molecule has 1 aliphatic rings. The Morgan fingerprint density at radius 2 is 0.745 bits per heavy atom. The van der Waals surface area contributed by atoms with Crippen molar-refractivity contribution in [1.29, 1.82) is 0 Å². The molecule has 0 heterocycles. The predicted molar refractivity (Wildman–Crippen MR) is 236 cm³/mol. The molecule has 0 saturated heterocycles. The molecule has 0 heteroatoms. The fourth-order valence-corrected chi connectivity index (χ4v) is 9.62. The van der Waals surface area contributed by atoms with Gasteiger partial charge in [-0.05, 0) is 134 Å². The Kier molecular flexibility index (Phi) is 7.00. The average molecular weight is 699 g/mol. The smallest absolute Gasteiger partial charge is 0.0165 e. The summed E-state index contributed by atoms with van der Waals surface area (Å²) in [4.78, 5) is 0. The second-order valence-corrected chi connectivity index (χ2v) is 15.7. The van der Waals surface area contributed by atoms with Crippen molar-refractivity contribution in [3.05, 3.63) is 205 Å². The number of rotatable bonds is 4. The molecule has 0 spiro atoms. The molecular formula is C55H38. The Morgan fingerprint density at radius 1 is 0.291 bits per heavy atom. The third-order valence-electron chi connectivity index (χ3n) is 12.2. The maximum Gasteiger partial charge on any atom is 0.0165 e. The van der Waals surface area contributed by atoms with E-state index in [0.29, 0.717) is 0 Å². The largest absolute Gasteiger partial charge is 0.0616 e. The molecule has 0 fully saturated rings. The molecule has 0 nitrogen and oxygen atoms in total. The molecular weight excluding hydrogens is 661 g/mol. The number of fused-ring (bicyclic) bond motifs is 8. The highest BCUT2D eigenvalue weighted by Gasteiger charge is 2.37. The first-order valence-corrected chi connectivity index (χ1v) is 19.3. The van der Waals surface area contributed by atoms with Gasteiger partial charge in [-0.15, -0.1) is 0 Å². The molecule has 11 rings (SSSR count). The Labute approximate surface area is 322 Å². The van der Waals surface area contributed by atoms with Gasteiger partial charge in [0.05, 0.1) is 0 Å².